The summed E-state index contributed by atoms with van der Waals surface area (Å²) >= 11 is 1.78. The molecule has 1 aromatic carbocycles. The number of thiophene rings is 1. The van der Waals surface area contributed by atoms with Gasteiger partial charge in [-0.15, -0.1) is 11.3 Å². The third-order valence-electron chi connectivity index (χ3n) is 3.07. The predicted octanol–water partition coefficient (Wildman–Crippen LogP) is 4.80. The van der Waals surface area contributed by atoms with Crippen molar-refractivity contribution in [1.82, 2.24) is 10.2 Å². The van der Waals surface area contributed by atoms with E-state index < -0.39 is 0 Å². The maximum atomic E-state index is 4.46. The molecule has 0 amide bonds. The van der Waals surface area contributed by atoms with Crippen molar-refractivity contribution in [2.75, 3.05) is 0 Å². The van der Waals surface area contributed by atoms with Crippen LogP contribution in [0.2, 0.25) is 0 Å². The molecule has 0 saturated carbocycles. The summed E-state index contributed by atoms with van der Waals surface area (Å²) in [6, 6.07) is 10.3. The third kappa shape index (κ3) is 2.02. The molecule has 2 heterocycles. The Bertz CT molecular complexity index is 748. The van der Waals surface area contributed by atoms with Gasteiger partial charge in [0.1, 0.15) is 5.69 Å². The monoisotopic (exact) mass is 266 g/mol. The number of aromatic nitrogens is 2. The van der Waals surface area contributed by atoms with E-state index in [1.165, 1.54) is 15.1 Å². The van der Waals surface area contributed by atoms with Crippen LogP contribution in [0, 0.1) is 6.92 Å². The van der Waals surface area contributed by atoms with Gasteiger partial charge in [-0.1, -0.05) is 55.1 Å². The molecule has 94 valence electrons. The van der Waals surface area contributed by atoms with Crippen molar-refractivity contribution in [2.45, 2.75) is 6.92 Å². The van der Waals surface area contributed by atoms with E-state index in [0.717, 1.165) is 16.8 Å². The second-order valence-corrected chi connectivity index (χ2v) is 5.53. The van der Waals surface area contributed by atoms with Gasteiger partial charge in [-0.3, -0.25) is 5.10 Å². The minimum Gasteiger partial charge on any atom is -0.276 e. The normalized spacial score (nSPS) is 11.4. The van der Waals surface area contributed by atoms with Crippen LogP contribution in [-0.4, -0.2) is 10.2 Å². The SMILES string of the molecule is C=C/C=C\c1c(C)sc2c(-c3ccccc3)n[nH]c12. The molecule has 1 N–H and O–H groups in total. The van der Waals surface area contributed by atoms with E-state index in [4.69, 9.17) is 0 Å². The van der Waals surface area contributed by atoms with E-state index in [1.807, 2.05) is 24.3 Å². The van der Waals surface area contributed by atoms with Crippen molar-refractivity contribution in [2.24, 2.45) is 0 Å². The van der Waals surface area contributed by atoms with Crippen molar-refractivity contribution < 1.29 is 0 Å². The molecule has 2 aromatic heterocycles. The highest BCUT2D eigenvalue weighted by atomic mass is 32.1. The molecule has 3 rings (SSSR count). The Hall–Kier alpha value is -2.13. The van der Waals surface area contributed by atoms with E-state index in [2.05, 4.69) is 41.9 Å². The van der Waals surface area contributed by atoms with E-state index in [0.29, 0.717) is 0 Å². The molecular weight excluding hydrogens is 252 g/mol. The maximum absolute atomic E-state index is 4.46. The van der Waals surface area contributed by atoms with Crippen LogP contribution < -0.4 is 0 Å². The van der Waals surface area contributed by atoms with E-state index in [1.54, 1.807) is 17.4 Å². The molecule has 3 heteroatoms. The Morgan fingerprint density at radius 1 is 1.26 bits per heavy atom. The molecule has 0 aliphatic heterocycles. The van der Waals surface area contributed by atoms with Gasteiger partial charge in [0.25, 0.3) is 0 Å². The molecule has 0 radical (unpaired) electrons. The standard InChI is InChI=1S/C16H14N2S/c1-3-4-10-13-11(2)19-16-14(17-18-15(13)16)12-8-6-5-7-9-12/h3-10H,1H2,2H3,(H,17,18)/b10-4-. The fraction of sp³-hybridized carbons (Fsp3) is 0.0625. The van der Waals surface area contributed by atoms with Crippen molar-refractivity contribution in [3.63, 3.8) is 0 Å². The number of allylic oxidation sites excluding steroid dienone is 2. The third-order valence-corrected chi connectivity index (χ3v) is 4.20. The van der Waals surface area contributed by atoms with Crippen LogP contribution in [0.25, 0.3) is 27.6 Å². The number of H-pyrrole nitrogens is 1. The van der Waals surface area contributed by atoms with Crippen molar-refractivity contribution in [1.29, 1.82) is 0 Å². The van der Waals surface area contributed by atoms with Gasteiger partial charge in [0, 0.05) is 16.0 Å². The zero-order chi connectivity index (χ0) is 13.2. The van der Waals surface area contributed by atoms with Crippen LogP contribution in [0.5, 0.6) is 0 Å². The van der Waals surface area contributed by atoms with Crippen LogP contribution in [0.3, 0.4) is 0 Å². The minimum absolute atomic E-state index is 1.03. The summed E-state index contributed by atoms with van der Waals surface area (Å²) in [4.78, 5) is 1.29. The average Bonchev–Trinajstić information content (AvgIpc) is 2.96. The second-order valence-electron chi connectivity index (χ2n) is 4.31. The lowest BCUT2D eigenvalue weighted by Gasteiger charge is -1.94. The Labute approximate surface area is 116 Å². The number of hydrogen-bond acceptors (Lipinski definition) is 2. The number of nitrogens with zero attached hydrogens (tertiary/aromatic N) is 1. The summed E-state index contributed by atoms with van der Waals surface area (Å²) in [6.45, 7) is 5.85. The average molecular weight is 266 g/mol. The molecule has 3 aromatic rings. The summed E-state index contributed by atoms with van der Waals surface area (Å²) < 4.78 is 1.22. The lowest BCUT2D eigenvalue weighted by atomic mass is 10.1. The van der Waals surface area contributed by atoms with Gasteiger partial charge in [0.05, 0.1) is 10.2 Å². The first-order valence-corrected chi connectivity index (χ1v) is 6.95. The van der Waals surface area contributed by atoms with Gasteiger partial charge in [-0.25, -0.2) is 0 Å². The Morgan fingerprint density at radius 3 is 2.79 bits per heavy atom. The van der Waals surface area contributed by atoms with Crippen molar-refractivity contribution in [3.05, 3.63) is 59.5 Å². The van der Waals surface area contributed by atoms with Gasteiger partial charge in [-0.05, 0) is 6.92 Å². The number of aryl methyl sites for hydroxylation is 1. The summed E-state index contributed by atoms with van der Waals surface area (Å²) in [5, 5.41) is 7.62. The van der Waals surface area contributed by atoms with Crippen LogP contribution in [0.15, 0.2) is 49.1 Å². The fourth-order valence-corrected chi connectivity index (χ4v) is 3.26. The zero-order valence-corrected chi connectivity index (χ0v) is 11.5. The number of nitrogens with one attached hydrogen (secondary N) is 1. The predicted molar refractivity (Wildman–Crippen MR) is 83.4 cm³/mol. The molecule has 0 saturated heterocycles. The Morgan fingerprint density at radius 2 is 2.05 bits per heavy atom. The van der Waals surface area contributed by atoms with Crippen LogP contribution in [-0.2, 0) is 0 Å². The largest absolute Gasteiger partial charge is 0.276 e. The Kier molecular flexibility index (Phi) is 3.05. The quantitative estimate of drug-likeness (QED) is 0.678. The molecule has 0 fully saturated rings. The summed E-state index contributed by atoms with van der Waals surface area (Å²) in [5.74, 6) is 0. The number of rotatable bonds is 3. The summed E-state index contributed by atoms with van der Waals surface area (Å²) in [5.41, 5.74) is 4.49. The minimum atomic E-state index is 1.03. The van der Waals surface area contributed by atoms with Crippen molar-refractivity contribution in [3.8, 4) is 11.3 Å². The van der Waals surface area contributed by atoms with Gasteiger partial charge in [0.15, 0.2) is 0 Å². The Balaban J connectivity index is 2.20. The van der Waals surface area contributed by atoms with E-state index >= 15 is 0 Å². The van der Waals surface area contributed by atoms with E-state index in [9.17, 15) is 0 Å². The maximum Gasteiger partial charge on any atom is 0.110 e. The fourth-order valence-electron chi connectivity index (χ4n) is 2.15. The highest BCUT2D eigenvalue weighted by Crippen LogP contribution is 2.36. The molecule has 0 atom stereocenters. The first-order valence-electron chi connectivity index (χ1n) is 6.13. The smallest absolute Gasteiger partial charge is 0.110 e. The zero-order valence-electron chi connectivity index (χ0n) is 10.7. The molecule has 2 nitrogen and oxygen atoms in total. The lowest BCUT2D eigenvalue weighted by molar-refractivity contribution is 1.12. The molecule has 0 bridgehead atoms. The molecular formula is C16H14N2S. The molecule has 0 aliphatic carbocycles. The lowest BCUT2D eigenvalue weighted by Crippen LogP contribution is -1.77. The summed E-state index contributed by atoms with van der Waals surface area (Å²) in [6.07, 6.45) is 5.82. The number of benzene rings is 1. The molecule has 0 unspecified atom stereocenters. The number of hydrogen-bond donors (Lipinski definition) is 1. The molecule has 19 heavy (non-hydrogen) atoms. The van der Waals surface area contributed by atoms with Gasteiger partial charge in [-0.2, -0.15) is 5.10 Å². The molecule has 0 aliphatic rings. The first-order chi connectivity index (χ1) is 9.31. The topological polar surface area (TPSA) is 28.7 Å². The van der Waals surface area contributed by atoms with Crippen molar-refractivity contribution >= 4 is 27.6 Å². The van der Waals surface area contributed by atoms with Crippen LogP contribution >= 0.6 is 11.3 Å². The number of fused-ring (bicyclic) bond motifs is 1. The van der Waals surface area contributed by atoms with Crippen LogP contribution in [0.1, 0.15) is 10.4 Å². The van der Waals surface area contributed by atoms with Crippen LogP contribution in [0.4, 0.5) is 0 Å². The van der Waals surface area contributed by atoms with E-state index in [-0.39, 0.29) is 0 Å². The summed E-state index contributed by atoms with van der Waals surface area (Å²) in [7, 11) is 0. The number of aromatic amines is 1. The van der Waals surface area contributed by atoms with Gasteiger partial charge < -0.3 is 0 Å². The second kappa shape index (κ2) is 4.86. The highest BCUT2D eigenvalue weighted by Gasteiger charge is 2.14. The van der Waals surface area contributed by atoms with Gasteiger partial charge in [0.2, 0.25) is 0 Å². The highest BCUT2D eigenvalue weighted by molar-refractivity contribution is 7.19. The van der Waals surface area contributed by atoms with Gasteiger partial charge >= 0.3 is 0 Å². The molecule has 0 spiro atoms. The first kappa shape index (κ1) is 11.9.